The van der Waals surface area contributed by atoms with Crippen LogP contribution in [0.15, 0.2) is 198 Å². The average molecular weight is 682 g/mol. The zero-order chi connectivity index (χ0) is 34.4. The largest absolute Gasteiger partial charge is 0.311 e. The van der Waals surface area contributed by atoms with Crippen LogP contribution >= 0.6 is 11.8 Å². The number of anilines is 3. The standard InChI is InChI=1S/C48H31N3S/c1-4-14-33(15-5-1)47-40-20-10-11-24-42(40)49-48(50-47)39-30-31-44-46-38(39)22-12-23-41(46)45-37(21-13-25-43(45)52-44)32-26-28-36(29-27-32)51(34-16-6-2-7-17-34)35-18-8-3-9-19-35/h1-31H. The Kier molecular flexibility index (Phi) is 7.40. The fraction of sp³-hybridized carbons (Fsp3) is 0. The monoisotopic (exact) mass is 681 g/mol. The van der Waals surface area contributed by atoms with Crippen molar-refractivity contribution in [3.05, 3.63) is 188 Å². The van der Waals surface area contributed by atoms with Crippen LogP contribution in [0.25, 0.3) is 66.6 Å². The number of hydrogen-bond donors (Lipinski definition) is 0. The molecule has 0 atom stereocenters. The zero-order valence-corrected chi connectivity index (χ0v) is 29.0. The molecule has 1 aliphatic heterocycles. The number of para-hydroxylation sites is 3. The van der Waals surface area contributed by atoms with E-state index in [1.54, 1.807) is 0 Å². The van der Waals surface area contributed by atoms with Crippen molar-refractivity contribution in [3.8, 4) is 44.9 Å². The normalized spacial score (nSPS) is 11.8. The molecule has 1 aromatic heterocycles. The minimum Gasteiger partial charge on any atom is -0.311 e. The first-order chi connectivity index (χ1) is 25.8. The Morgan fingerprint density at radius 1 is 0.385 bits per heavy atom. The van der Waals surface area contributed by atoms with Gasteiger partial charge in [0, 0.05) is 54.3 Å². The Bertz CT molecular complexity index is 2710. The van der Waals surface area contributed by atoms with Crippen LogP contribution in [0.2, 0.25) is 0 Å². The zero-order valence-electron chi connectivity index (χ0n) is 28.1. The summed E-state index contributed by atoms with van der Waals surface area (Å²) < 4.78 is 0. The first-order valence-corrected chi connectivity index (χ1v) is 18.3. The third-order valence-electron chi connectivity index (χ3n) is 9.87. The maximum absolute atomic E-state index is 5.25. The quantitative estimate of drug-likeness (QED) is 0.175. The summed E-state index contributed by atoms with van der Waals surface area (Å²) in [5, 5.41) is 3.46. The molecule has 3 nitrogen and oxygen atoms in total. The Hall–Kier alpha value is -6.49. The molecule has 0 saturated carbocycles. The third-order valence-corrected chi connectivity index (χ3v) is 11.0. The van der Waals surface area contributed by atoms with Crippen LogP contribution < -0.4 is 4.90 Å². The molecule has 0 saturated heterocycles. The topological polar surface area (TPSA) is 29.0 Å². The molecule has 0 amide bonds. The number of aromatic nitrogens is 2. The molecule has 0 N–H and O–H groups in total. The number of fused-ring (bicyclic) bond motifs is 3. The second-order valence-electron chi connectivity index (χ2n) is 13.0. The maximum Gasteiger partial charge on any atom is 0.161 e. The SMILES string of the molecule is c1ccc(-c2nc(-c3ccc4c5c(cccc35)-c3c(cccc3-c3ccc(N(c5ccccc5)c5ccccc5)cc3)S4)nc3ccccc23)cc1. The molecular formula is C48H31N3S. The van der Waals surface area contributed by atoms with E-state index in [2.05, 4.69) is 181 Å². The van der Waals surface area contributed by atoms with E-state index < -0.39 is 0 Å². The lowest BCUT2D eigenvalue weighted by Crippen LogP contribution is -2.09. The lowest BCUT2D eigenvalue weighted by Gasteiger charge is -2.26. The van der Waals surface area contributed by atoms with Gasteiger partial charge >= 0.3 is 0 Å². The molecule has 2 heterocycles. The van der Waals surface area contributed by atoms with Gasteiger partial charge in [-0.1, -0.05) is 139 Å². The number of benzene rings is 8. The van der Waals surface area contributed by atoms with Gasteiger partial charge in [-0.05, 0) is 82.7 Å². The van der Waals surface area contributed by atoms with Gasteiger partial charge in [0.1, 0.15) is 0 Å². The van der Waals surface area contributed by atoms with Crippen molar-refractivity contribution in [1.29, 1.82) is 0 Å². The van der Waals surface area contributed by atoms with E-state index in [-0.39, 0.29) is 0 Å². The minimum atomic E-state index is 0.738. The Balaban J connectivity index is 1.10. The second kappa shape index (κ2) is 12.7. The van der Waals surface area contributed by atoms with Gasteiger partial charge in [0.2, 0.25) is 0 Å². The molecule has 10 rings (SSSR count). The van der Waals surface area contributed by atoms with Gasteiger partial charge in [-0.3, -0.25) is 0 Å². The Morgan fingerprint density at radius 3 is 1.75 bits per heavy atom. The van der Waals surface area contributed by atoms with Crippen molar-refractivity contribution in [3.63, 3.8) is 0 Å². The second-order valence-corrected chi connectivity index (χ2v) is 14.0. The minimum absolute atomic E-state index is 0.738. The summed E-state index contributed by atoms with van der Waals surface area (Å²) in [6.07, 6.45) is 0. The Labute approximate surface area is 306 Å². The van der Waals surface area contributed by atoms with Crippen LogP contribution in [-0.2, 0) is 0 Å². The molecule has 9 aromatic rings. The smallest absolute Gasteiger partial charge is 0.161 e. The maximum atomic E-state index is 5.25. The van der Waals surface area contributed by atoms with Crippen LogP contribution in [0.3, 0.4) is 0 Å². The van der Waals surface area contributed by atoms with E-state index in [1.807, 2.05) is 23.9 Å². The van der Waals surface area contributed by atoms with Crippen LogP contribution in [-0.4, -0.2) is 9.97 Å². The van der Waals surface area contributed by atoms with Crippen molar-refractivity contribution in [2.24, 2.45) is 0 Å². The average Bonchev–Trinajstić information content (AvgIpc) is 3.22. The summed E-state index contributed by atoms with van der Waals surface area (Å²) in [6.45, 7) is 0. The predicted molar refractivity (Wildman–Crippen MR) is 218 cm³/mol. The van der Waals surface area contributed by atoms with Crippen molar-refractivity contribution < 1.29 is 0 Å². The van der Waals surface area contributed by atoms with Gasteiger partial charge in [0.25, 0.3) is 0 Å². The lowest BCUT2D eigenvalue weighted by atomic mass is 9.89. The van der Waals surface area contributed by atoms with Crippen LogP contribution in [0.4, 0.5) is 17.1 Å². The number of nitrogens with zero attached hydrogens (tertiary/aromatic N) is 3. The van der Waals surface area contributed by atoms with Crippen molar-refractivity contribution in [2.45, 2.75) is 9.79 Å². The molecule has 0 fully saturated rings. The van der Waals surface area contributed by atoms with E-state index >= 15 is 0 Å². The predicted octanol–water partition coefficient (Wildman–Crippen LogP) is 13.4. The number of hydrogen-bond acceptors (Lipinski definition) is 4. The molecule has 0 radical (unpaired) electrons. The highest BCUT2D eigenvalue weighted by Crippen LogP contribution is 2.52. The molecular weight excluding hydrogens is 651 g/mol. The Morgan fingerprint density at radius 2 is 1.00 bits per heavy atom. The third kappa shape index (κ3) is 5.15. The summed E-state index contributed by atoms with van der Waals surface area (Å²) in [5.41, 5.74) is 12.3. The van der Waals surface area contributed by atoms with Crippen LogP contribution in [0, 0.1) is 0 Å². The summed E-state index contributed by atoms with van der Waals surface area (Å²) in [7, 11) is 0. The molecule has 4 heteroatoms. The van der Waals surface area contributed by atoms with Gasteiger partial charge in [-0.15, -0.1) is 0 Å². The van der Waals surface area contributed by atoms with Gasteiger partial charge in [-0.2, -0.15) is 0 Å². The van der Waals surface area contributed by atoms with E-state index in [1.165, 1.54) is 37.4 Å². The van der Waals surface area contributed by atoms with Crippen molar-refractivity contribution in [2.75, 3.05) is 4.90 Å². The highest BCUT2D eigenvalue weighted by Gasteiger charge is 2.25. The molecule has 8 aromatic carbocycles. The molecule has 0 spiro atoms. The fourth-order valence-corrected chi connectivity index (χ4v) is 8.68. The summed E-state index contributed by atoms with van der Waals surface area (Å²) in [6, 6.07) is 66.6. The summed E-state index contributed by atoms with van der Waals surface area (Å²) in [5.74, 6) is 0.738. The highest BCUT2D eigenvalue weighted by molar-refractivity contribution is 7.99. The van der Waals surface area contributed by atoms with Gasteiger partial charge in [-0.25, -0.2) is 9.97 Å². The molecule has 52 heavy (non-hydrogen) atoms. The van der Waals surface area contributed by atoms with Gasteiger partial charge in [0.15, 0.2) is 5.82 Å². The van der Waals surface area contributed by atoms with Gasteiger partial charge in [0.05, 0.1) is 11.2 Å². The summed E-state index contributed by atoms with van der Waals surface area (Å²) >= 11 is 1.84. The molecule has 0 bridgehead atoms. The van der Waals surface area contributed by atoms with E-state index in [9.17, 15) is 0 Å². The summed E-state index contributed by atoms with van der Waals surface area (Å²) in [4.78, 5) is 15.2. The lowest BCUT2D eigenvalue weighted by molar-refractivity contribution is 1.23. The van der Waals surface area contributed by atoms with Crippen molar-refractivity contribution >= 4 is 50.5 Å². The number of rotatable bonds is 6. The van der Waals surface area contributed by atoms with E-state index in [4.69, 9.17) is 9.97 Å². The van der Waals surface area contributed by atoms with Crippen LogP contribution in [0.5, 0.6) is 0 Å². The highest BCUT2D eigenvalue weighted by atomic mass is 32.2. The van der Waals surface area contributed by atoms with Crippen LogP contribution in [0.1, 0.15) is 0 Å². The van der Waals surface area contributed by atoms with E-state index in [0.29, 0.717) is 0 Å². The fourth-order valence-electron chi connectivity index (χ4n) is 7.52. The van der Waals surface area contributed by atoms with E-state index in [0.717, 1.165) is 56.0 Å². The first kappa shape index (κ1) is 30.3. The molecule has 0 unspecified atom stereocenters. The first-order valence-electron chi connectivity index (χ1n) is 17.5. The molecule has 1 aliphatic rings. The van der Waals surface area contributed by atoms with Crippen molar-refractivity contribution in [1.82, 2.24) is 9.97 Å². The molecule has 244 valence electrons. The molecule has 0 aliphatic carbocycles. The van der Waals surface area contributed by atoms with Gasteiger partial charge < -0.3 is 4.90 Å².